The minimum atomic E-state index is 0.0293. The van der Waals surface area contributed by atoms with Gasteiger partial charge in [0.05, 0.1) is 6.54 Å². The van der Waals surface area contributed by atoms with Gasteiger partial charge in [0.15, 0.2) is 0 Å². The predicted molar refractivity (Wildman–Crippen MR) is 76.5 cm³/mol. The van der Waals surface area contributed by atoms with Gasteiger partial charge in [-0.2, -0.15) is 0 Å². The molecule has 0 aliphatic heterocycles. The van der Waals surface area contributed by atoms with E-state index in [1.165, 1.54) is 0 Å². The van der Waals surface area contributed by atoms with Crippen molar-refractivity contribution in [1.29, 1.82) is 0 Å². The second-order valence-corrected chi connectivity index (χ2v) is 4.45. The number of hydrogen-bond acceptors (Lipinski definition) is 3. The minimum Gasteiger partial charge on any atom is -0.399 e. The second-order valence-electron chi connectivity index (χ2n) is 4.45. The number of nitrogens with one attached hydrogen (secondary N) is 1. The lowest BCUT2D eigenvalue weighted by Crippen LogP contribution is -2.34. The molecule has 0 saturated heterocycles. The number of rotatable bonds is 7. The molecule has 0 aliphatic rings. The van der Waals surface area contributed by atoms with Crippen LogP contribution in [0.4, 0.5) is 11.4 Å². The summed E-state index contributed by atoms with van der Waals surface area (Å²) in [5, 5.41) is 2.88. The molecule has 1 aromatic carbocycles. The van der Waals surface area contributed by atoms with Crippen molar-refractivity contribution >= 4 is 17.3 Å². The summed E-state index contributed by atoms with van der Waals surface area (Å²) in [7, 11) is 0. The van der Waals surface area contributed by atoms with Crippen LogP contribution in [-0.2, 0) is 4.79 Å². The van der Waals surface area contributed by atoms with Gasteiger partial charge < -0.3 is 11.1 Å². The summed E-state index contributed by atoms with van der Waals surface area (Å²) < 4.78 is 0. The maximum Gasteiger partial charge on any atom is 0.238 e. The minimum absolute atomic E-state index is 0.0293. The van der Waals surface area contributed by atoms with E-state index in [4.69, 9.17) is 5.73 Å². The van der Waals surface area contributed by atoms with E-state index >= 15 is 0 Å². The van der Waals surface area contributed by atoms with E-state index in [1.807, 2.05) is 12.1 Å². The molecule has 0 saturated carbocycles. The van der Waals surface area contributed by atoms with Gasteiger partial charge in [0.1, 0.15) is 0 Å². The maximum atomic E-state index is 11.9. The Bertz CT molecular complexity index is 356. The molecule has 0 fully saturated rings. The van der Waals surface area contributed by atoms with Crippen molar-refractivity contribution in [3.05, 3.63) is 24.3 Å². The van der Waals surface area contributed by atoms with E-state index in [2.05, 4.69) is 24.1 Å². The molecule has 0 spiro atoms. The van der Waals surface area contributed by atoms with Gasteiger partial charge in [0, 0.05) is 11.4 Å². The maximum absolute atomic E-state index is 11.9. The van der Waals surface area contributed by atoms with E-state index in [0.29, 0.717) is 12.2 Å². The number of nitrogens with zero attached hydrogens (tertiary/aromatic N) is 1. The molecule has 100 valence electrons. The Morgan fingerprint density at radius 3 is 2.22 bits per heavy atom. The highest BCUT2D eigenvalue weighted by Crippen LogP contribution is 2.10. The van der Waals surface area contributed by atoms with Crippen LogP contribution in [0.3, 0.4) is 0 Å². The van der Waals surface area contributed by atoms with E-state index in [-0.39, 0.29) is 5.91 Å². The molecule has 3 N–H and O–H groups in total. The Kier molecular flexibility index (Phi) is 6.22. The summed E-state index contributed by atoms with van der Waals surface area (Å²) in [5.74, 6) is 0.0293. The number of carbonyl (C=O) groups is 1. The van der Waals surface area contributed by atoms with Gasteiger partial charge in [-0.15, -0.1) is 0 Å². The van der Waals surface area contributed by atoms with Gasteiger partial charge in [-0.25, -0.2) is 0 Å². The SMILES string of the molecule is CCCN(CCC)CC(=O)Nc1ccc(N)cc1. The Morgan fingerprint density at radius 1 is 1.17 bits per heavy atom. The predicted octanol–water partition coefficient (Wildman–Crippen LogP) is 2.33. The van der Waals surface area contributed by atoms with Crippen molar-refractivity contribution in [3.8, 4) is 0 Å². The molecule has 0 radical (unpaired) electrons. The van der Waals surface area contributed by atoms with Crippen molar-refractivity contribution in [2.45, 2.75) is 26.7 Å². The van der Waals surface area contributed by atoms with Gasteiger partial charge >= 0.3 is 0 Å². The van der Waals surface area contributed by atoms with Gasteiger partial charge in [-0.3, -0.25) is 9.69 Å². The molecule has 1 amide bonds. The summed E-state index contributed by atoms with van der Waals surface area (Å²) in [6.45, 7) is 6.62. The van der Waals surface area contributed by atoms with Crippen LogP contribution in [-0.4, -0.2) is 30.4 Å². The number of nitrogens with two attached hydrogens (primary N) is 1. The van der Waals surface area contributed by atoms with Gasteiger partial charge in [0.2, 0.25) is 5.91 Å². The molecule has 4 nitrogen and oxygen atoms in total. The number of carbonyl (C=O) groups excluding carboxylic acids is 1. The first-order valence-electron chi connectivity index (χ1n) is 6.53. The highest BCUT2D eigenvalue weighted by molar-refractivity contribution is 5.92. The molecule has 0 aromatic heterocycles. The summed E-state index contributed by atoms with van der Waals surface area (Å²) in [6, 6.07) is 7.20. The molecule has 1 aromatic rings. The zero-order valence-corrected chi connectivity index (χ0v) is 11.3. The van der Waals surface area contributed by atoms with Crippen LogP contribution in [0, 0.1) is 0 Å². The van der Waals surface area contributed by atoms with Crippen LogP contribution >= 0.6 is 0 Å². The zero-order valence-electron chi connectivity index (χ0n) is 11.3. The Hall–Kier alpha value is -1.55. The van der Waals surface area contributed by atoms with Crippen molar-refractivity contribution < 1.29 is 4.79 Å². The fourth-order valence-electron chi connectivity index (χ4n) is 1.87. The van der Waals surface area contributed by atoms with Crippen LogP contribution in [0.2, 0.25) is 0 Å². The topological polar surface area (TPSA) is 58.4 Å². The van der Waals surface area contributed by atoms with E-state index in [0.717, 1.165) is 31.6 Å². The molecule has 0 heterocycles. The number of hydrogen-bond donors (Lipinski definition) is 2. The van der Waals surface area contributed by atoms with Gasteiger partial charge in [-0.1, -0.05) is 13.8 Å². The first-order chi connectivity index (χ1) is 8.65. The van der Waals surface area contributed by atoms with E-state index in [1.54, 1.807) is 12.1 Å². The van der Waals surface area contributed by atoms with Crippen molar-refractivity contribution in [2.24, 2.45) is 0 Å². The fourth-order valence-corrected chi connectivity index (χ4v) is 1.87. The third kappa shape index (κ3) is 5.19. The zero-order chi connectivity index (χ0) is 13.4. The number of anilines is 2. The first kappa shape index (κ1) is 14.5. The molecular formula is C14H23N3O. The van der Waals surface area contributed by atoms with Crippen molar-refractivity contribution in [1.82, 2.24) is 4.90 Å². The first-order valence-corrected chi connectivity index (χ1v) is 6.53. The molecule has 0 aliphatic carbocycles. The lowest BCUT2D eigenvalue weighted by molar-refractivity contribution is -0.117. The molecule has 0 unspecified atom stereocenters. The molecule has 0 atom stereocenters. The number of amides is 1. The monoisotopic (exact) mass is 249 g/mol. The third-order valence-electron chi connectivity index (χ3n) is 2.64. The molecule has 18 heavy (non-hydrogen) atoms. The third-order valence-corrected chi connectivity index (χ3v) is 2.64. The fraction of sp³-hybridized carbons (Fsp3) is 0.500. The Balaban J connectivity index is 2.46. The number of benzene rings is 1. The summed E-state index contributed by atoms with van der Waals surface area (Å²) in [4.78, 5) is 14.0. The lowest BCUT2D eigenvalue weighted by atomic mass is 10.3. The largest absolute Gasteiger partial charge is 0.399 e. The van der Waals surface area contributed by atoms with Crippen LogP contribution in [0.5, 0.6) is 0 Å². The van der Waals surface area contributed by atoms with Crippen LogP contribution in [0.25, 0.3) is 0 Å². The van der Waals surface area contributed by atoms with Gasteiger partial charge in [0.25, 0.3) is 0 Å². The summed E-state index contributed by atoms with van der Waals surface area (Å²) >= 11 is 0. The van der Waals surface area contributed by atoms with Crippen molar-refractivity contribution in [3.63, 3.8) is 0 Å². The summed E-state index contributed by atoms with van der Waals surface area (Å²) in [5.41, 5.74) is 7.09. The second kappa shape index (κ2) is 7.71. The number of nitrogen functional groups attached to an aromatic ring is 1. The van der Waals surface area contributed by atoms with E-state index in [9.17, 15) is 4.79 Å². The molecule has 4 heteroatoms. The highest BCUT2D eigenvalue weighted by atomic mass is 16.2. The summed E-state index contributed by atoms with van der Waals surface area (Å²) in [6.07, 6.45) is 2.13. The van der Waals surface area contributed by atoms with Crippen molar-refractivity contribution in [2.75, 3.05) is 30.7 Å². The van der Waals surface area contributed by atoms with Crippen LogP contribution in [0.15, 0.2) is 24.3 Å². The molecular weight excluding hydrogens is 226 g/mol. The van der Waals surface area contributed by atoms with Gasteiger partial charge in [-0.05, 0) is 50.2 Å². The molecule has 0 bridgehead atoms. The molecule has 1 rings (SSSR count). The normalized spacial score (nSPS) is 10.6. The Labute approximate surface area is 109 Å². The van der Waals surface area contributed by atoms with E-state index < -0.39 is 0 Å². The van der Waals surface area contributed by atoms with Crippen LogP contribution < -0.4 is 11.1 Å². The highest BCUT2D eigenvalue weighted by Gasteiger charge is 2.09. The smallest absolute Gasteiger partial charge is 0.238 e. The average molecular weight is 249 g/mol. The standard InChI is InChI=1S/C14H23N3O/c1-3-9-17(10-4-2)11-14(18)16-13-7-5-12(15)6-8-13/h5-8H,3-4,9-11,15H2,1-2H3,(H,16,18). The lowest BCUT2D eigenvalue weighted by Gasteiger charge is -2.20. The Morgan fingerprint density at radius 2 is 1.72 bits per heavy atom. The quantitative estimate of drug-likeness (QED) is 0.729. The van der Waals surface area contributed by atoms with Crippen LogP contribution in [0.1, 0.15) is 26.7 Å². The average Bonchev–Trinajstić information content (AvgIpc) is 2.33.